The van der Waals surface area contributed by atoms with Gasteiger partial charge in [0.2, 0.25) is 0 Å². The Labute approximate surface area is 247 Å². The van der Waals surface area contributed by atoms with Gasteiger partial charge >= 0.3 is 11.9 Å². The van der Waals surface area contributed by atoms with Crippen LogP contribution in [0.1, 0.15) is 58.7 Å². The number of thiazole rings is 1. The number of aromatic nitrogens is 1. The largest absolute Gasteiger partial charge is 0.490 e. The Hall–Kier alpha value is -4.38. The molecular weight excluding hydrogens is 560 g/mol. The van der Waals surface area contributed by atoms with Crippen molar-refractivity contribution in [1.29, 1.82) is 0 Å². The molecule has 1 unspecified atom stereocenters. The maximum atomic E-state index is 14.0. The number of carbonyl (C=O) groups excluding carboxylic acids is 2. The van der Waals surface area contributed by atoms with Crippen LogP contribution in [0.5, 0.6) is 23.0 Å². The zero-order valence-electron chi connectivity index (χ0n) is 24.5. The fourth-order valence-corrected chi connectivity index (χ4v) is 5.66. The minimum atomic E-state index is -0.803. The lowest BCUT2D eigenvalue weighted by Gasteiger charge is -2.25. The van der Waals surface area contributed by atoms with Crippen LogP contribution >= 0.6 is 11.3 Å². The van der Waals surface area contributed by atoms with Crippen molar-refractivity contribution in [1.82, 2.24) is 4.57 Å². The molecule has 0 fully saturated rings. The molecule has 1 aromatic heterocycles. The van der Waals surface area contributed by atoms with Crippen LogP contribution in [0.3, 0.4) is 0 Å². The van der Waals surface area contributed by atoms with Crippen molar-refractivity contribution < 1.29 is 33.3 Å². The summed E-state index contributed by atoms with van der Waals surface area (Å²) < 4.78 is 29.8. The van der Waals surface area contributed by atoms with Crippen LogP contribution in [0, 0.1) is 0 Å². The Kier molecular flexibility index (Phi) is 9.84. The van der Waals surface area contributed by atoms with Crippen molar-refractivity contribution in [3.8, 4) is 23.0 Å². The van der Waals surface area contributed by atoms with E-state index in [9.17, 15) is 14.4 Å². The average Bonchev–Trinajstić information content (AvgIpc) is 3.24. The van der Waals surface area contributed by atoms with E-state index in [0.29, 0.717) is 69.0 Å². The van der Waals surface area contributed by atoms with E-state index < -0.39 is 18.0 Å². The van der Waals surface area contributed by atoms with Crippen LogP contribution in [0.15, 0.2) is 57.5 Å². The second-order valence-electron chi connectivity index (χ2n) is 9.11. The van der Waals surface area contributed by atoms with Crippen molar-refractivity contribution in [2.75, 3.05) is 26.4 Å². The lowest BCUT2D eigenvalue weighted by atomic mass is 9.95. The van der Waals surface area contributed by atoms with Crippen LogP contribution in [-0.2, 0) is 14.3 Å². The maximum Gasteiger partial charge on any atom is 0.338 e. The van der Waals surface area contributed by atoms with Gasteiger partial charge in [-0.15, -0.1) is 0 Å². The normalized spacial score (nSPS) is 14.6. The zero-order chi connectivity index (χ0) is 30.4. The minimum absolute atomic E-state index is 0.172. The number of fused-ring (bicyclic) bond motifs is 1. The lowest BCUT2D eigenvalue weighted by Crippen LogP contribution is -2.40. The minimum Gasteiger partial charge on any atom is -0.490 e. The predicted octanol–water partition coefficient (Wildman–Crippen LogP) is 3.92. The van der Waals surface area contributed by atoms with E-state index >= 15 is 0 Å². The Morgan fingerprint density at radius 3 is 2.19 bits per heavy atom. The summed E-state index contributed by atoms with van der Waals surface area (Å²) >= 11 is 1.21. The number of ether oxygens (including phenoxy) is 5. The van der Waals surface area contributed by atoms with E-state index in [2.05, 4.69) is 4.99 Å². The number of benzene rings is 2. The highest BCUT2D eigenvalue weighted by molar-refractivity contribution is 7.07. The second-order valence-corrected chi connectivity index (χ2v) is 10.1. The van der Waals surface area contributed by atoms with Gasteiger partial charge in [-0.05, 0) is 76.1 Å². The molecule has 0 bridgehead atoms. The molecule has 1 aliphatic rings. The third kappa shape index (κ3) is 6.41. The van der Waals surface area contributed by atoms with Gasteiger partial charge in [0.15, 0.2) is 27.8 Å². The molecule has 0 aliphatic carbocycles. The Bertz CT molecular complexity index is 1700. The topological polar surface area (TPSA) is 115 Å². The maximum absolute atomic E-state index is 14.0. The van der Waals surface area contributed by atoms with Crippen molar-refractivity contribution in [2.24, 2.45) is 4.99 Å². The lowest BCUT2D eigenvalue weighted by molar-refractivity contribution is -0.139. The second kappa shape index (κ2) is 13.5. The fraction of sp³-hybridized carbons (Fsp3) is 0.355. The van der Waals surface area contributed by atoms with Gasteiger partial charge in [-0.2, -0.15) is 0 Å². The Morgan fingerprint density at radius 2 is 1.55 bits per heavy atom. The summed E-state index contributed by atoms with van der Waals surface area (Å²) in [7, 11) is 0. The third-order valence-electron chi connectivity index (χ3n) is 6.22. The SMILES string of the molecule is CCOC(=O)C1=C(C)N=c2s/c(=C\c3ccc(OC(C)=O)c(OCC)c3)c(=O)n2C1c1ccc(OCC)c(OCC)c1. The molecule has 0 saturated heterocycles. The third-order valence-corrected chi connectivity index (χ3v) is 7.20. The van der Waals surface area contributed by atoms with Gasteiger partial charge in [-0.1, -0.05) is 23.5 Å². The van der Waals surface area contributed by atoms with Crippen molar-refractivity contribution >= 4 is 29.4 Å². The van der Waals surface area contributed by atoms with Gasteiger partial charge < -0.3 is 23.7 Å². The number of esters is 2. The zero-order valence-corrected chi connectivity index (χ0v) is 25.3. The van der Waals surface area contributed by atoms with Gasteiger partial charge in [0, 0.05) is 6.92 Å². The van der Waals surface area contributed by atoms with E-state index in [-0.39, 0.29) is 17.7 Å². The molecule has 1 aliphatic heterocycles. The number of carbonyl (C=O) groups is 2. The van der Waals surface area contributed by atoms with E-state index in [4.69, 9.17) is 23.7 Å². The molecule has 1 atom stereocenters. The number of allylic oxidation sites excluding steroid dienone is 1. The smallest absolute Gasteiger partial charge is 0.338 e. The monoisotopic (exact) mass is 594 g/mol. The average molecular weight is 595 g/mol. The van der Waals surface area contributed by atoms with Gasteiger partial charge in [-0.25, -0.2) is 9.79 Å². The van der Waals surface area contributed by atoms with E-state index in [1.54, 1.807) is 50.3 Å². The standard InChI is InChI=1S/C31H34N2O8S/c1-7-37-22-14-12-21(17-25(22)39-9-3)28-27(30(36)40-10-4)18(5)32-31-33(28)29(35)26(42-31)16-20-11-13-23(41-19(6)34)24(15-20)38-8-2/h11-17,28H,7-10H2,1-6H3/b26-16-. The molecular formula is C31H34N2O8S. The van der Waals surface area contributed by atoms with Crippen LogP contribution in [-0.4, -0.2) is 42.9 Å². The quantitative estimate of drug-likeness (QED) is 0.243. The van der Waals surface area contributed by atoms with Crippen LogP contribution in [0.4, 0.5) is 0 Å². The number of hydrogen-bond acceptors (Lipinski definition) is 10. The molecule has 2 heterocycles. The summed E-state index contributed by atoms with van der Waals surface area (Å²) in [5.41, 5.74) is 1.72. The predicted molar refractivity (Wildman–Crippen MR) is 158 cm³/mol. The molecule has 0 amide bonds. The van der Waals surface area contributed by atoms with Crippen molar-refractivity contribution in [3.05, 3.63) is 78.5 Å². The van der Waals surface area contributed by atoms with Gasteiger partial charge in [-0.3, -0.25) is 14.2 Å². The summed E-state index contributed by atoms with van der Waals surface area (Å²) in [5, 5.41) is 0. The summed E-state index contributed by atoms with van der Waals surface area (Å²) in [6.45, 7) is 11.7. The van der Waals surface area contributed by atoms with Gasteiger partial charge in [0.25, 0.3) is 5.56 Å². The highest BCUT2D eigenvalue weighted by Crippen LogP contribution is 2.36. The molecule has 2 aromatic carbocycles. The highest BCUT2D eigenvalue weighted by atomic mass is 32.1. The van der Waals surface area contributed by atoms with E-state index in [1.165, 1.54) is 22.8 Å². The molecule has 0 radical (unpaired) electrons. The van der Waals surface area contributed by atoms with Gasteiger partial charge in [0.1, 0.15) is 0 Å². The summed E-state index contributed by atoms with van der Waals surface area (Å²) in [6, 6.07) is 9.63. The van der Waals surface area contributed by atoms with Crippen LogP contribution in [0.25, 0.3) is 6.08 Å². The van der Waals surface area contributed by atoms with Gasteiger partial charge in [0.05, 0.1) is 48.3 Å². The molecule has 0 saturated carbocycles. The first-order valence-electron chi connectivity index (χ1n) is 13.8. The van der Waals surface area contributed by atoms with E-state index in [0.717, 1.165) is 0 Å². The highest BCUT2D eigenvalue weighted by Gasteiger charge is 2.34. The molecule has 222 valence electrons. The van der Waals surface area contributed by atoms with Crippen LogP contribution in [0.2, 0.25) is 0 Å². The Balaban J connectivity index is 1.91. The molecule has 42 heavy (non-hydrogen) atoms. The molecule has 11 heteroatoms. The first-order valence-corrected chi connectivity index (χ1v) is 14.6. The summed E-state index contributed by atoms with van der Waals surface area (Å²) in [6.07, 6.45) is 1.72. The van der Waals surface area contributed by atoms with Crippen molar-refractivity contribution in [2.45, 2.75) is 47.6 Å². The molecule has 3 aromatic rings. The fourth-order valence-electron chi connectivity index (χ4n) is 4.62. The first kappa shape index (κ1) is 30.6. The van der Waals surface area contributed by atoms with E-state index in [1.807, 2.05) is 26.8 Å². The molecule has 0 N–H and O–H groups in total. The molecule has 10 nitrogen and oxygen atoms in total. The molecule has 0 spiro atoms. The number of rotatable bonds is 11. The van der Waals surface area contributed by atoms with Crippen molar-refractivity contribution in [3.63, 3.8) is 0 Å². The van der Waals surface area contributed by atoms with Crippen LogP contribution < -0.4 is 33.8 Å². The summed E-state index contributed by atoms with van der Waals surface area (Å²) in [5.74, 6) is 0.729. The number of nitrogens with zero attached hydrogens (tertiary/aromatic N) is 2. The molecule has 4 rings (SSSR count). The number of hydrogen-bond donors (Lipinski definition) is 0. The Morgan fingerprint density at radius 1 is 0.905 bits per heavy atom. The summed E-state index contributed by atoms with van der Waals surface area (Å²) in [4.78, 5) is 43.8. The first-order chi connectivity index (χ1) is 20.2.